The highest BCUT2D eigenvalue weighted by molar-refractivity contribution is 5.93. The molecule has 2 unspecified atom stereocenters. The predicted octanol–water partition coefficient (Wildman–Crippen LogP) is 3.55. The van der Waals surface area contributed by atoms with Crippen LogP contribution in [-0.2, 0) is 11.0 Å². The summed E-state index contributed by atoms with van der Waals surface area (Å²) in [7, 11) is 0. The number of anilines is 1. The minimum absolute atomic E-state index is 0.0126. The highest BCUT2D eigenvalue weighted by atomic mass is 19.4. The van der Waals surface area contributed by atoms with Gasteiger partial charge in [0.2, 0.25) is 5.91 Å². The Labute approximate surface area is 174 Å². The molecule has 0 aromatic heterocycles. The molecule has 166 valence electrons. The molecule has 3 rings (SSSR count). The minimum atomic E-state index is -4.53. The van der Waals surface area contributed by atoms with Gasteiger partial charge in [0.05, 0.1) is 17.8 Å². The lowest BCUT2D eigenvalue weighted by atomic mass is 9.86. The molecule has 3 amide bonds. The Morgan fingerprint density at radius 2 is 1.73 bits per heavy atom. The monoisotopic (exact) mass is 426 g/mol. The number of piperazine rings is 1. The molecule has 2 aliphatic rings. The van der Waals surface area contributed by atoms with Gasteiger partial charge in [-0.25, -0.2) is 4.79 Å². The molecular weight excluding hydrogens is 397 g/mol. The molecule has 2 N–H and O–H groups in total. The van der Waals surface area contributed by atoms with E-state index in [1.807, 2.05) is 4.90 Å². The first-order valence-electron chi connectivity index (χ1n) is 10.5. The Morgan fingerprint density at radius 3 is 2.40 bits per heavy atom. The molecule has 0 spiro atoms. The maximum absolute atomic E-state index is 13.1. The smallest absolute Gasteiger partial charge is 0.335 e. The van der Waals surface area contributed by atoms with Gasteiger partial charge in [0.15, 0.2) is 0 Å². The van der Waals surface area contributed by atoms with Gasteiger partial charge < -0.3 is 15.5 Å². The summed E-state index contributed by atoms with van der Waals surface area (Å²) in [6.45, 7) is 4.13. The SMILES string of the molecule is CC1CCCCC1NC(=O)N1CCN(CC(=O)Nc2ccccc2C(F)(F)F)CC1. The van der Waals surface area contributed by atoms with Gasteiger partial charge in [0, 0.05) is 32.2 Å². The summed E-state index contributed by atoms with van der Waals surface area (Å²) >= 11 is 0. The number of urea groups is 1. The predicted molar refractivity (Wildman–Crippen MR) is 108 cm³/mol. The summed E-state index contributed by atoms with van der Waals surface area (Å²) in [5.74, 6) is -0.0205. The van der Waals surface area contributed by atoms with Crippen LogP contribution in [0.1, 0.15) is 38.2 Å². The molecule has 0 bridgehead atoms. The zero-order valence-corrected chi connectivity index (χ0v) is 17.2. The van der Waals surface area contributed by atoms with E-state index in [9.17, 15) is 22.8 Å². The number of hydrogen-bond donors (Lipinski definition) is 2. The molecule has 1 aromatic rings. The van der Waals surface area contributed by atoms with Gasteiger partial charge in [-0.1, -0.05) is 31.9 Å². The van der Waals surface area contributed by atoms with Gasteiger partial charge in [-0.15, -0.1) is 0 Å². The van der Waals surface area contributed by atoms with Crippen molar-refractivity contribution in [2.45, 2.75) is 44.8 Å². The number of alkyl halides is 3. The molecule has 0 radical (unpaired) electrons. The van der Waals surface area contributed by atoms with Gasteiger partial charge in [0.25, 0.3) is 0 Å². The largest absolute Gasteiger partial charge is 0.418 e. The van der Waals surface area contributed by atoms with Crippen molar-refractivity contribution in [1.29, 1.82) is 0 Å². The third-order valence-corrected chi connectivity index (χ3v) is 5.95. The maximum atomic E-state index is 13.1. The highest BCUT2D eigenvalue weighted by Crippen LogP contribution is 2.34. The summed E-state index contributed by atoms with van der Waals surface area (Å²) in [6.07, 6.45) is -0.0478. The molecule has 1 heterocycles. The molecule has 1 aromatic carbocycles. The van der Waals surface area contributed by atoms with Crippen molar-refractivity contribution in [3.63, 3.8) is 0 Å². The van der Waals surface area contributed by atoms with E-state index in [1.54, 1.807) is 4.90 Å². The second-order valence-electron chi connectivity index (χ2n) is 8.17. The van der Waals surface area contributed by atoms with Crippen LogP contribution in [0.3, 0.4) is 0 Å². The molecule has 1 aliphatic heterocycles. The van der Waals surface area contributed by atoms with Crippen LogP contribution in [0, 0.1) is 5.92 Å². The van der Waals surface area contributed by atoms with E-state index < -0.39 is 17.6 Å². The quantitative estimate of drug-likeness (QED) is 0.774. The average molecular weight is 426 g/mol. The number of carbonyl (C=O) groups excluding carboxylic acids is 2. The van der Waals surface area contributed by atoms with Crippen LogP contribution >= 0.6 is 0 Å². The van der Waals surface area contributed by atoms with Crippen LogP contribution in [0.15, 0.2) is 24.3 Å². The lowest BCUT2D eigenvalue weighted by Crippen LogP contribution is -2.55. The molecule has 1 saturated heterocycles. The zero-order chi connectivity index (χ0) is 21.7. The number of nitrogens with zero attached hydrogens (tertiary/aromatic N) is 2. The Morgan fingerprint density at radius 1 is 1.07 bits per heavy atom. The van der Waals surface area contributed by atoms with Crippen LogP contribution < -0.4 is 10.6 Å². The van der Waals surface area contributed by atoms with Crippen molar-refractivity contribution in [2.24, 2.45) is 5.92 Å². The van der Waals surface area contributed by atoms with Crippen molar-refractivity contribution >= 4 is 17.6 Å². The third-order valence-electron chi connectivity index (χ3n) is 5.95. The standard InChI is InChI=1S/C21H29F3N4O2/c1-15-6-2-4-8-17(15)26-20(30)28-12-10-27(11-13-28)14-19(29)25-18-9-5-3-7-16(18)21(22,23)24/h3,5,7,9,15,17H,2,4,6,8,10-14H2,1H3,(H,25,29)(H,26,30). The fraction of sp³-hybridized carbons (Fsp3) is 0.619. The van der Waals surface area contributed by atoms with Gasteiger partial charge in [-0.2, -0.15) is 13.2 Å². The van der Waals surface area contributed by atoms with Crippen LogP contribution in [0.2, 0.25) is 0 Å². The molecule has 1 aliphatic carbocycles. The van der Waals surface area contributed by atoms with Crippen molar-refractivity contribution in [3.8, 4) is 0 Å². The highest BCUT2D eigenvalue weighted by Gasteiger charge is 2.34. The molecule has 1 saturated carbocycles. The van der Waals surface area contributed by atoms with E-state index in [4.69, 9.17) is 0 Å². The molecule has 2 fully saturated rings. The number of rotatable bonds is 4. The number of para-hydroxylation sites is 1. The topological polar surface area (TPSA) is 64.7 Å². The molecule has 6 nitrogen and oxygen atoms in total. The summed E-state index contributed by atoms with van der Waals surface area (Å²) in [4.78, 5) is 28.4. The van der Waals surface area contributed by atoms with Crippen LogP contribution in [-0.4, -0.2) is 60.5 Å². The summed E-state index contributed by atoms with van der Waals surface area (Å²) in [6, 6.07) is 5.07. The van der Waals surface area contributed by atoms with Crippen molar-refractivity contribution in [2.75, 3.05) is 38.0 Å². The molecule has 2 atom stereocenters. The first kappa shape index (κ1) is 22.4. The minimum Gasteiger partial charge on any atom is -0.335 e. The van der Waals surface area contributed by atoms with Gasteiger partial charge in [0.1, 0.15) is 0 Å². The van der Waals surface area contributed by atoms with Gasteiger partial charge in [-0.3, -0.25) is 9.69 Å². The van der Waals surface area contributed by atoms with Gasteiger partial charge in [-0.05, 0) is 30.9 Å². The number of amides is 3. The number of halogens is 3. The number of carbonyl (C=O) groups is 2. The third kappa shape index (κ3) is 5.87. The van der Waals surface area contributed by atoms with E-state index in [-0.39, 0.29) is 24.3 Å². The van der Waals surface area contributed by atoms with E-state index in [0.29, 0.717) is 32.1 Å². The van der Waals surface area contributed by atoms with Crippen LogP contribution in [0.5, 0.6) is 0 Å². The van der Waals surface area contributed by atoms with E-state index in [2.05, 4.69) is 17.6 Å². The summed E-state index contributed by atoms with van der Waals surface area (Å²) < 4.78 is 39.2. The van der Waals surface area contributed by atoms with Crippen LogP contribution in [0.25, 0.3) is 0 Å². The number of benzene rings is 1. The number of nitrogens with one attached hydrogen (secondary N) is 2. The van der Waals surface area contributed by atoms with E-state index in [0.717, 1.165) is 25.3 Å². The molecule has 30 heavy (non-hydrogen) atoms. The van der Waals surface area contributed by atoms with E-state index >= 15 is 0 Å². The fourth-order valence-corrected chi connectivity index (χ4v) is 4.12. The Kier molecular flexibility index (Phi) is 7.23. The van der Waals surface area contributed by atoms with Gasteiger partial charge >= 0.3 is 12.2 Å². The zero-order valence-electron chi connectivity index (χ0n) is 17.2. The first-order valence-corrected chi connectivity index (χ1v) is 10.5. The second-order valence-corrected chi connectivity index (χ2v) is 8.17. The van der Waals surface area contributed by atoms with E-state index in [1.165, 1.54) is 24.6 Å². The first-order chi connectivity index (χ1) is 14.2. The van der Waals surface area contributed by atoms with Crippen LogP contribution in [0.4, 0.5) is 23.7 Å². The lowest BCUT2D eigenvalue weighted by molar-refractivity contribution is -0.137. The number of hydrogen-bond acceptors (Lipinski definition) is 3. The fourth-order valence-electron chi connectivity index (χ4n) is 4.12. The average Bonchev–Trinajstić information content (AvgIpc) is 2.70. The van der Waals surface area contributed by atoms with Crippen molar-refractivity contribution in [1.82, 2.24) is 15.1 Å². The molecular formula is C21H29F3N4O2. The summed E-state index contributed by atoms with van der Waals surface area (Å²) in [5.41, 5.74) is -1.11. The Bertz CT molecular complexity index is 748. The second kappa shape index (κ2) is 9.68. The van der Waals surface area contributed by atoms with Crippen molar-refractivity contribution in [3.05, 3.63) is 29.8 Å². The normalized spacial score (nSPS) is 23.1. The van der Waals surface area contributed by atoms with Crippen molar-refractivity contribution < 1.29 is 22.8 Å². The Hall–Kier alpha value is -2.29. The summed E-state index contributed by atoms with van der Waals surface area (Å²) in [5, 5.41) is 5.49. The lowest BCUT2D eigenvalue weighted by Gasteiger charge is -2.37. The Balaban J connectivity index is 1.46. The maximum Gasteiger partial charge on any atom is 0.418 e. The molecule has 9 heteroatoms.